The van der Waals surface area contributed by atoms with Gasteiger partial charge >= 0.3 is 5.97 Å². The van der Waals surface area contributed by atoms with Crippen LogP contribution >= 0.6 is 11.8 Å². The van der Waals surface area contributed by atoms with Gasteiger partial charge in [-0.25, -0.2) is 0 Å². The van der Waals surface area contributed by atoms with Gasteiger partial charge in [-0.05, 0) is 77.1 Å². The van der Waals surface area contributed by atoms with Gasteiger partial charge in [-0.3, -0.25) is 14.4 Å². The number of rotatable bonds is 15. The summed E-state index contributed by atoms with van der Waals surface area (Å²) in [6.45, 7) is 16.5. The Kier molecular flexibility index (Phi) is 9.90. The zero-order valence-electron chi connectivity index (χ0n) is 24.7. The second-order valence-electron chi connectivity index (χ2n) is 11.4. The fraction of sp³-hybridized carbons (Fsp3) is 0.594. The number of carbonyl (C=O) groups is 3. The smallest absolute Gasteiger partial charge is 0.311 e. The lowest BCUT2D eigenvalue weighted by molar-refractivity contribution is -0.155. The van der Waals surface area contributed by atoms with E-state index in [0.717, 1.165) is 30.9 Å². The Hall–Kier alpha value is -2.78. The maximum Gasteiger partial charge on any atom is 0.311 e. The molecule has 0 radical (unpaired) electrons. The maximum absolute atomic E-state index is 14.7. The highest BCUT2D eigenvalue weighted by Gasteiger charge is 2.77. The Balaban J connectivity index is 1.72. The highest BCUT2D eigenvalue weighted by Crippen LogP contribution is 2.71. The number of nitrogens with zero attached hydrogens (tertiary/aromatic N) is 3. The minimum atomic E-state index is -0.723. The number of hydrogen-bond acceptors (Lipinski definition) is 7. The van der Waals surface area contributed by atoms with Crippen molar-refractivity contribution in [2.75, 3.05) is 49.2 Å². The molecule has 2 amide bonds. The van der Waals surface area contributed by atoms with Crippen molar-refractivity contribution in [2.45, 2.75) is 68.4 Å². The van der Waals surface area contributed by atoms with E-state index < -0.39 is 27.4 Å². The Morgan fingerprint density at radius 3 is 2.41 bits per heavy atom. The first kappa shape index (κ1) is 31.2. The second-order valence-corrected chi connectivity index (χ2v) is 13.3. The number of thioether (sulfide) groups is 1. The number of anilines is 2. The summed E-state index contributed by atoms with van der Waals surface area (Å²) < 4.78 is 4.44. The van der Waals surface area contributed by atoms with Gasteiger partial charge < -0.3 is 24.5 Å². The van der Waals surface area contributed by atoms with Crippen LogP contribution in [0.3, 0.4) is 0 Å². The van der Waals surface area contributed by atoms with Crippen LogP contribution in [-0.4, -0.2) is 82.7 Å². The minimum Gasteiger partial charge on any atom is -0.465 e. The van der Waals surface area contributed by atoms with Crippen LogP contribution in [0.5, 0.6) is 0 Å². The molecule has 3 aliphatic heterocycles. The van der Waals surface area contributed by atoms with Crippen molar-refractivity contribution in [3.63, 3.8) is 0 Å². The molecule has 3 saturated heterocycles. The molecular formula is C32H45N3O5S. The van der Waals surface area contributed by atoms with E-state index >= 15 is 0 Å². The molecule has 0 aliphatic carbocycles. The highest BCUT2D eigenvalue weighted by atomic mass is 32.2. The van der Waals surface area contributed by atoms with E-state index in [4.69, 9.17) is 4.74 Å². The van der Waals surface area contributed by atoms with E-state index in [1.807, 2.05) is 31.2 Å². The van der Waals surface area contributed by atoms with Crippen LogP contribution in [0.1, 0.15) is 52.9 Å². The van der Waals surface area contributed by atoms with Crippen molar-refractivity contribution < 1.29 is 24.2 Å². The number of amides is 2. The predicted octanol–water partition coefficient (Wildman–Crippen LogP) is 4.42. The number of aliphatic hydroxyl groups is 1. The Morgan fingerprint density at radius 2 is 1.80 bits per heavy atom. The number of hydrogen-bond donors (Lipinski definition) is 1. The first-order chi connectivity index (χ1) is 19.7. The van der Waals surface area contributed by atoms with Crippen LogP contribution in [0.2, 0.25) is 0 Å². The number of carbonyl (C=O) groups excluding carboxylic acids is 3. The van der Waals surface area contributed by atoms with E-state index in [9.17, 15) is 19.5 Å². The van der Waals surface area contributed by atoms with Gasteiger partial charge in [0.2, 0.25) is 5.91 Å². The Labute approximate surface area is 248 Å². The number of benzene rings is 1. The first-order valence-corrected chi connectivity index (χ1v) is 15.7. The van der Waals surface area contributed by atoms with Crippen LogP contribution < -0.4 is 9.80 Å². The summed E-state index contributed by atoms with van der Waals surface area (Å²) >= 11 is 1.64. The quantitative estimate of drug-likeness (QED) is 0.186. The topological polar surface area (TPSA) is 90.4 Å². The summed E-state index contributed by atoms with van der Waals surface area (Å²) in [6, 6.07) is 7.24. The van der Waals surface area contributed by atoms with Crippen molar-refractivity contribution >= 4 is 40.9 Å². The summed E-state index contributed by atoms with van der Waals surface area (Å²) in [4.78, 5) is 48.0. The monoisotopic (exact) mass is 583 g/mol. The molecule has 0 aromatic heterocycles. The van der Waals surface area contributed by atoms with Crippen LogP contribution in [-0.2, 0) is 19.1 Å². The summed E-state index contributed by atoms with van der Waals surface area (Å²) in [5, 5.41) is 9.44. The van der Waals surface area contributed by atoms with E-state index in [0.29, 0.717) is 38.8 Å². The molecule has 5 atom stereocenters. The normalized spacial score (nSPS) is 28.0. The molecule has 3 fully saturated rings. The summed E-state index contributed by atoms with van der Waals surface area (Å²) in [7, 11) is 0. The number of esters is 1. The first-order valence-electron chi connectivity index (χ1n) is 14.9. The molecule has 0 saturated carbocycles. The molecule has 3 aliphatic rings. The molecule has 1 N–H and O–H groups in total. The molecule has 1 aromatic carbocycles. The third-order valence-corrected chi connectivity index (χ3v) is 11.0. The van der Waals surface area contributed by atoms with Crippen molar-refractivity contribution in [1.29, 1.82) is 0 Å². The van der Waals surface area contributed by atoms with Crippen molar-refractivity contribution in [3.05, 3.63) is 49.6 Å². The zero-order valence-corrected chi connectivity index (χ0v) is 25.5. The van der Waals surface area contributed by atoms with Gasteiger partial charge in [-0.15, -0.1) is 24.9 Å². The lowest BCUT2D eigenvalue weighted by Gasteiger charge is -2.37. The molecule has 224 valence electrons. The summed E-state index contributed by atoms with van der Waals surface area (Å²) in [5.74, 6) is -1.91. The average Bonchev–Trinajstić information content (AvgIpc) is 3.53. The van der Waals surface area contributed by atoms with E-state index in [1.54, 1.807) is 33.7 Å². The highest BCUT2D eigenvalue weighted by molar-refractivity contribution is 8.02. The molecule has 2 bridgehead atoms. The molecule has 8 nitrogen and oxygen atoms in total. The minimum absolute atomic E-state index is 0.0156. The standard InChI is InChI=1S/C32H45N3O5S/c1-6-10-22-40-30(39)26-25-28(37)35(20-11-12-21-36)27(32(25)18-17-31(26,5)41-32)29(38)34(19-7-2)24-15-13-23(14-16-24)33(8-3)9-4/h6-7,13-16,25-27,36H,1-2,8-12,17-22H2,3-5H3/t25-,26-,27?,31+,32?/m0/s1. The Morgan fingerprint density at radius 1 is 1.12 bits per heavy atom. The molecule has 1 aromatic rings. The largest absolute Gasteiger partial charge is 0.465 e. The van der Waals surface area contributed by atoms with Gasteiger partial charge in [-0.2, -0.15) is 0 Å². The second kappa shape index (κ2) is 13.0. The third-order valence-electron chi connectivity index (χ3n) is 9.01. The third kappa shape index (κ3) is 5.55. The molecule has 41 heavy (non-hydrogen) atoms. The summed E-state index contributed by atoms with van der Waals surface area (Å²) in [5.41, 5.74) is 1.83. The fourth-order valence-corrected chi connectivity index (χ4v) is 9.40. The molecule has 9 heteroatoms. The van der Waals surface area contributed by atoms with Gasteiger partial charge in [-0.1, -0.05) is 12.2 Å². The number of aliphatic hydroxyl groups excluding tert-OH is 1. The van der Waals surface area contributed by atoms with Crippen LogP contribution in [0.4, 0.5) is 11.4 Å². The van der Waals surface area contributed by atoms with Crippen molar-refractivity contribution in [2.24, 2.45) is 11.8 Å². The van der Waals surface area contributed by atoms with Crippen molar-refractivity contribution in [3.8, 4) is 0 Å². The zero-order chi connectivity index (χ0) is 29.8. The van der Waals surface area contributed by atoms with Crippen LogP contribution in [0.25, 0.3) is 0 Å². The molecule has 2 unspecified atom stereocenters. The van der Waals surface area contributed by atoms with Gasteiger partial charge in [0.15, 0.2) is 0 Å². The number of likely N-dealkylation sites (tertiary alicyclic amines) is 1. The molecule has 4 rings (SSSR count). The van der Waals surface area contributed by atoms with Crippen LogP contribution in [0.15, 0.2) is 49.6 Å². The maximum atomic E-state index is 14.7. The average molecular weight is 584 g/mol. The van der Waals surface area contributed by atoms with E-state index in [-0.39, 0.29) is 31.0 Å². The number of fused-ring (bicyclic) bond motifs is 1. The van der Waals surface area contributed by atoms with E-state index in [1.165, 1.54) is 0 Å². The summed E-state index contributed by atoms with van der Waals surface area (Å²) in [6.07, 6.45) is 6.47. The van der Waals surface area contributed by atoms with Gasteiger partial charge in [0, 0.05) is 48.9 Å². The van der Waals surface area contributed by atoms with E-state index in [2.05, 4.69) is 31.9 Å². The molecule has 1 spiro atoms. The molecule has 3 heterocycles. The van der Waals surface area contributed by atoms with Gasteiger partial charge in [0.1, 0.15) is 6.04 Å². The number of unbranched alkanes of at least 4 members (excludes halogenated alkanes) is 1. The SMILES string of the molecule is C=CCCOC(=O)[C@@H]1[C@H]2C(=O)N(CCCCO)C(C(=O)N(CC=C)c3ccc(N(CC)CC)cc3)C23CC[C@@]1(C)S3. The lowest BCUT2D eigenvalue weighted by atomic mass is 9.66. The lowest BCUT2D eigenvalue weighted by Crippen LogP contribution is -2.55. The Bertz CT molecular complexity index is 1140. The van der Waals surface area contributed by atoms with Gasteiger partial charge in [0.25, 0.3) is 5.91 Å². The fourth-order valence-electron chi connectivity index (χ4n) is 7.06. The molecular weight excluding hydrogens is 538 g/mol. The number of ether oxygens (including phenoxy) is 1. The van der Waals surface area contributed by atoms with Gasteiger partial charge in [0.05, 0.1) is 23.2 Å². The van der Waals surface area contributed by atoms with Crippen molar-refractivity contribution in [1.82, 2.24) is 4.90 Å². The predicted molar refractivity (Wildman–Crippen MR) is 165 cm³/mol. The van der Waals surface area contributed by atoms with Crippen LogP contribution in [0, 0.1) is 11.8 Å².